The molecule has 2 atom stereocenters. The second-order valence-corrected chi connectivity index (χ2v) is 6.95. The number of hydrogen-bond acceptors (Lipinski definition) is 5. The molecule has 9 heteroatoms. The van der Waals surface area contributed by atoms with Crippen LogP contribution in [0.2, 0.25) is 0 Å². The molecule has 0 bridgehead atoms. The summed E-state index contributed by atoms with van der Waals surface area (Å²) in [7, 11) is 5.31. The molecular weight excluding hydrogens is 413 g/mol. The molecule has 1 saturated heterocycles. The minimum atomic E-state index is -0.414. The normalized spacial score (nSPS) is 15.7. The van der Waals surface area contributed by atoms with Gasteiger partial charge in [0, 0.05) is 25.4 Å². The van der Waals surface area contributed by atoms with E-state index in [0.29, 0.717) is 6.54 Å². The molecule has 7 nitrogen and oxygen atoms in total. The van der Waals surface area contributed by atoms with Crippen LogP contribution in [0.3, 0.4) is 0 Å². The average Bonchev–Trinajstić information content (AvgIpc) is 3.35. The van der Waals surface area contributed by atoms with Gasteiger partial charge in [0.15, 0.2) is 0 Å². The van der Waals surface area contributed by atoms with Crippen LogP contribution < -0.4 is 15.4 Å². The van der Waals surface area contributed by atoms with E-state index in [9.17, 15) is 4.79 Å². The van der Waals surface area contributed by atoms with E-state index in [1.165, 1.54) is 18.4 Å². The highest BCUT2D eigenvalue weighted by Crippen LogP contribution is 2.27. The highest BCUT2D eigenvalue weighted by atomic mass is 35.5. The predicted octanol–water partition coefficient (Wildman–Crippen LogP) is 2.49. The second kappa shape index (κ2) is 12.0. The summed E-state index contributed by atoms with van der Waals surface area (Å²) < 4.78 is 7.09. The number of amides is 1. The molecule has 1 aromatic carbocycles. The minimum absolute atomic E-state index is 0. The summed E-state index contributed by atoms with van der Waals surface area (Å²) in [5, 5.41) is 10.4. The Morgan fingerprint density at radius 2 is 1.97 bits per heavy atom. The first kappa shape index (κ1) is 25.2. The zero-order valence-corrected chi connectivity index (χ0v) is 18.8. The van der Waals surface area contributed by atoms with Crippen molar-refractivity contribution in [1.29, 1.82) is 0 Å². The Balaban J connectivity index is 0.00000210. The molecule has 1 aliphatic rings. The summed E-state index contributed by atoms with van der Waals surface area (Å²) in [6, 6.07) is 7.84. The molecule has 1 aliphatic heterocycles. The summed E-state index contributed by atoms with van der Waals surface area (Å²) >= 11 is 0. The fraction of sp³-hybridized carbons (Fsp3) is 0.500. The summed E-state index contributed by atoms with van der Waals surface area (Å²) in [5.41, 5.74) is 2.02. The van der Waals surface area contributed by atoms with Crippen molar-refractivity contribution in [3.8, 4) is 5.75 Å². The lowest BCUT2D eigenvalue weighted by atomic mass is 10.0. The van der Waals surface area contributed by atoms with Gasteiger partial charge in [-0.2, -0.15) is 5.10 Å². The van der Waals surface area contributed by atoms with Crippen LogP contribution in [0.1, 0.15) is 36.1 Å². The van der Waals surface area contributed by atoms with Gasteiger partial charge in [-0.15, -0.1) is 24.8 Å². The second-order valence-electron chi connectivity index (χ2n) is 6.95. The molecule has 2 unspecified atom stereocenters. The molecule has 29 heavy (non-hydrogen) atoms. The summed E-state index contributed by atoms with van der Waals surface area (Å²) in [4.78, 5) is 15.2. The zero-order chi connectivity index (χ0) is 19.2. The van der Waals surface area contributed by atoms with Gasteiger partial charge >= 0.3 is 0 Å². The summed E-state index contributed by atoms with van der Waals surface area (Å²) in [6.07, 6.45) is 5.98. The fourth-order valence-electron chi connectivity index (χ4n) is 3.70. The number of benzene rings is 1. The van der Waals surface area contributed by atoms with Crippen molar-refractivity contribution in [2.75, 3.05) is 33.8 Å². The van der Waals surface area contributed by atoms with E-state index in [2.05, 4.69) is 32.8 Å². The molecular formula is C20H31Cl2N5O2. The number of likely N-dealkylation sites (tertiary alicyclic amines) is 1. The van der Waals surface area contributed by atoms with E-state index in [-0.39, 0.29) is 36.8 Å². The van der Waals surface area contributed by atoms with Crippen molar-refractivity contribution < 1.29 is 9.53 Å². The predicted molar refractivity (Wildman–Crippen MR) is 119 cm³/mol. The van der Waals surface area contributed by atoms with E-state index < -0.39 is 6.04 Å². The number of hydrogen-bond donors (Lipinski definition) is 2. The van der Waals surface area contributed by atoms with E-state index >= 15 is 0 Å². The van der Waals surface area contributed by atoms with Gasteiger partial charge < -0.3 is 15.4 Å². The van der Waals surface area contributed by atoms with Crippen molar-refractivity contribution >= 4 is 30.7 Å². The summed E-state index contributed by atoms with van der Waals surface area (Å²) in [6.45, 7) is 2.66. The maximum atomic E-state index is 12.8. The van der Waals surface area contributed by atoms with Crippen LogP contribution in [-0.2, 0) is 11.8 Å². The number of nitrogens with one attached hydrogen (secondary N) is 2. The number of nitrogens with zero attached hydrogens (tertiary/aromatic N) is 3. The Bertz CT molecular complexity index is 765. The Hall–Kier alpha value is -1.80. The Morgan fingerprint density at radius 1 is 1.24 bits per heavy atom. The van der Waals surface area contributed by atoms with Crippen LogP contribution >= 0.6 is 24.8 Å². The van der Waals surface area contributed by atoms with Crippen LogP contribution in [0.25, 0.3) is 0 Å². The number of ether oxygens (including phenoxy) is 1. The average molecular weight is 444 g/mol. The van der Waals surface area contributed by atoms with Gasteiger partial charge in [0.1, 0.15) is 11.8 Å². The summed E-state index contributed by atoms with van der Waals surface area (Å²) in [5.74, 6) is 0.795. The molecule has 0 aliphatic carbocycles. The van der Waals surface area contributed by atoms with Crippen LogP contribution in [0.15, 0.2) is 36.7 Å². The third kappa shape index (κ3) is 6.34. The Labute approximate surface area is 185 Å². The highest BCUT2D eigenvalue weighted by molar-refractivity contribution is 5.85. The van der Waals surface area contributed by atoms with Gasteiger partial charge in [-0.25, -0.2) is 0 Å². The standard InChI is InChI=1S/C20H29N5O2.2ClH/c1-21-19(16-12-23-24(2)14-16)20(26)22-13-18(25-9-4-5-10-25)15-7-6-8-17(11-15)27-3;;/h6-8,11-12,14,18-19,21H,4-5,9-10,13H2,1-3H3,(H,22,26);2*1H. The fourth-order valence-corrected chi connectivity index (χ4v) is 3.70. The number of methoxy groups -OCH3 is 1. The zero-order valence-electron chi connectivity index (χ0n) is 17.1. The van der Waals surface area contributed by atoms with Gasteiger partial charge in [0.2, 0.25) is 5.91 Å². The van der Waals surface area contributed by atoms with Crippen LogP contribution in [-0.4, -0.2) is 54.4 Å². The Kier molecular flexibility index (Phi) is 10.5. The molecule has 0 radical (unpaired) electrons. The maximum Gasteiger partial charge on any atom is 0.241 e. The molecule has 2 heterocycles. The number of likely N-dealkylation sites (N-methyl/N-ethyl adjacent to an activating group) is 1. The van der Waals surface area contributed by atoms with E-state index in [1.54, 1.807) is 25.0 Å². The SMILES string of the molecule is CNC(C(=O)NCC(c1cccc(OC)c1)N1CCCC1)c1cnn(C)c1.Cl.Cl. The van der Waals surface area contributed by atoms with Gasteiger partial charge in [-0.1, -0.05) is 12.1 Å². The first-order valence-electron chi connectivity index (χ1n) is 9.44. The molecule has 2 N–H and O–H groups in total. The topological polar surface area (TPSA) is 71.4 Å². The molecule has 2 aromatic rings. The molecule has 1 aromatic heterocycles. The first-order chi connectivity index (χ1) is 13.1. The molecule has 3 rings (SSSR count). The van der Waals surface area contributed by atoms with Crippen molar-refractivity contribution in [3.05, 3.63) is 47.8 Å². The van der Waals surface area contributed by atoms with E-state index in [0.717, 1.165) is 24.4 Å². The smallest absolute Gasteiger partial charge is 0.241 e. The van der Waals surface area contributed by atoms with Crippen molar-refractivity contribution in [2.24, 2.45) is 7.05 Å². The molecule has 0 saturated carbocycles. The number of carbonyl (C=O) groups excluding carboxylic acids is 1. The van der Waals surface area contributed by atoms with Crippen molar-refractivity contribution in [3.63, 3.8) is 0 Å². The quantitative estimate of drug-likeness (QED) is 0.655. The lowest BCUT2D eigenvalue weighted by Crippen LogP contribution is -2.41. The van der Waals surface area contributed by atoms with Crippen LogP contribution in [0.5, 0.6) is 5.75 Å². The number of carbonyl (C=O) groups is 1. The molecule has 1 amide bonds. The lowest BCUT2D eigenvalue weighted by molar-refractivity contribution is -0.123. The first-order valence-corrected chi connectivity index (χ1v) is 9.44. The van der Waals surface area contributed by atoms with Gasteiger partial charge in [0.25, 0.3) is 0 Å². The Morgan fingerprint density at radius 3 is 2.55 bits per heavy atom. The largest absolute Gasteiger partial charge is 0.497 e. The van der Waals surface area contributed by atoms with E-state index in [4.69, 9.17) is 4.74 Å². The van der Waals surface area contributed by atoms with E-state index in [1.807, 2.05) is 25.4 Å². The minimum Gasteiger partial charge on any atom is -0.497 e. The number of halogens is 2. The molecule has 162 valence electrons. The van der Waals surface area contributed by atoms with Gasteiger partial charge in [-0.05, 0) is 50.7 Å². The van der Waals surface area contributed by atoms with Crippen molar-refractivity contribution in [1.82, 2.24) is 25.3 Å². The monoisotopic (exact) mass is 443 g/mol. The molecule has 1 fully saturated rings. The third-order valence-corrected chi connectivity index (χ3v) is 5.14. The molecule has 0 spiro atoms. The number of aromatic nitrogens is 2. The van der Waals surface area contributed by atoms with Crippen LogP contribution in [0, 0.1) is 0 Å². The third-order valence-electron chi connectivity index (χ3n) is 5.14. The van der Waals surface area contributed by atoms with Gasteiger partial charge in [0.05, 0.1) is 19.3 Å². The number of aryl methyl sites for hydroxylation is 1. The highest BCUT2D eigenvalue weighted by Gasteiger charge is 2.26. The van der Waals surface area contributed by atoms with Crippen molar-refractivity contribution in [2.45, 2.75) is 24.9 Å². The van der Waals surface area contributed by atoms with Crippen LogP contribution in [0.4, 0.5) is 0 Å². The number of rotatable bonds is 8. The van der Waals surface area contributed by atoms with Gasteiger partial charge in [-0.3, -0.25) is 14.4 Å². The lowest BCUT2D eigenvalue weighted by Gasteiger charge is -2.29. The maximum absolute atomic E-state index is 12.8.